The maximum atomic E-state index is 14.2. The van der Waals surface area contributed by atoms with Crippen molar-refractivity contribution in [2.24, 2.45) is 4.99 Å². The predicted octanol–water partition coefficient (Wildman–Crippen LogP) is 8.03. The van der Waals surface area contributed by atoms with Gasteiger partial charge in [-0.15, -0.1) is 0 Å². The molecule has 1 aromatic heterocycles. The normalized spacial score (nSPS) is 14.5. The average Bonchev–Trinajstić information content (AvgIpc) is 3.36. The van der Waals surface area contributed by atoms with Gasteiger partial charge in [-0.25, -0.2) is 9.79 Å². The van der Waals surface area contributed by atoms with Crippen molar-refractivity contribution in [2.75, 3.05) is 6.61 Å². The van der Waals surface area contributed by atoms with E-state index in [1.54, 1.807) is 23.6 Å². The summed E-state index contributed by atoms with van der Waals surface area (Å²) in [7, 11) is 0. The Kier molecular flexibility index (Phi) is 10.3. The lowest BCUT2D eigenvalue weighted by Crippen LogP contribution is -2.40. The first-order valence-electron chi connectivity index (χ1n) is 14.1. The molecule has 11 heteroatoms. The molecule has 4 aromatic carbocycles. The molecule has 0 saturated carbocycles. The van der Waals surface area contributed by atoms with Crippen LogP contribution in [-0.4, -0.2) is 17.1 Å². The summed E-state index contributed by atoms with van der Waals surface area (Å²) in [5, 5.41) is 0.969. The molecule has 0 bridgehead atoms. The van der Waals surface area contributed by atoms with Gasteiger partial charge in [0.15, 0.2) is 4.80 Å². The molecule has 46 heavy (non-hydrogen) atoms. The number of esters is 1. The molecule has 1 aliphatic rings. The minimum atomic E-state index is -0.716. The summed E-state index contributed by atoms with van der Waals surface area (Å²) in [6, 6.07) is 27.7. The maximum Gasteiger partial charge on any atom is 0.338 e. The number of hydrogen-bond acceptors (Lipinski definition) is 6. The quantitative estimate of drug-likeness (QED) is 0.117. The zero-order chi connectivity index (χ0) is 32.4. The lowest BCUT2D eigenvalue weighted by molar-refractivity contribution is -0.138. The van der Waals surface area contributed by atoms with Crippen LogP contribution in [0.2, 0.25) is 10.0 Å². The van der Waals surface area contributed by atoms with Gasteiger partial charge in [0.25, 0.3) is 5.56 Å². The van der Waals surface area contributed by atoms with E-state index in [1.165, 1.54) is 11.3 Å². The summed E-state index contributed by atoms with van der Waals surface area (Å²) in [6.45, 7) is 2.29. The third-order valence-corrected chi connectivity index (χ3v) is 10.5. The van der Waals surface area contributed by atoms with E-state index < -0.39 is 12.0 Å². The van der Waals surface area contributed by atoms with Gasteiger partial charge in [0.2, 0.25) is 0 Å². The molecule has 5 aromatic rings. The fraction of sp³-hybridized carbons (Fsp3) is 0.114. The van der Waals surface area contributed by atoms with Crippen molar-refractivity contribution in [1.29, 1.82) is 0 Å². The zero-order valence-electron chi connectivity index (χ0n) is 24.2. The van der Waals surface area contributed by atoms with E-state index in [2.05, 4.69) is 45.2 Å². The second kappa shape index (κ2) is 14.4. The molecular weight excluding hydrogens is 869 g/mol. The van der Waals surface area contributed by atoms with Gasteiger partial charge in [-0.05, 0) is 99.1 Å². The van der Waals surface area contributed by atoms with Crippen LogP contribution in [0.25, 0.3) is 11.8 Å². The lowest BCUT2D eigenvalue weighted by Gasteiger charge is -2.25. The highest BCUT2D eigenvalue weighted by molar-refractivity contribution is 14.1. The van der Waals surface area contributed by atoms with Gasteiger partial charge in [-0.2, -0.15) is 0 Å². The van der Waals surface area contributed by atoms with Crippen LogP contribution in [0.5, 0.6) is 5.75 Å². The summed E-state index contributed by atoms with van der Waals surface area (Å²) in [5.41, 5.74) is 3.87. The Labute approximate surface area is 306 Å². The number of carbonyl (C=O) groups excluding carboxylic acids is 1. The Bertz CT molecular complexity index is 2140. The summed E-state index contributed by atoms with van der Waals surface area (Å²) in [5.74, 6) is 0.232. The minimum absolute atomic E-state index is 0.195. The van der Waals surface area contributed by atoms with Crippen LogP contribution in [0.1, 0.15) is 35.2 Å². The maximum absolute atomic E-state index is 14.2. The highest BCUT2D eigenvalue weighted by atomic mass is 127. The molecule has 0 saturated heterocycles. The molecule has 0 spiro atoms. The van der Waals surface area contributed by atoms with Gasteiger partial charge in [0, 0.05) is 5.56 Å². The van der Waals surface area contributed by atoms with Crippen LogP contribution < -0.4 is 19.6 Å². The molecule has 0 radical (unpaired) electrons. The summed E-state index contributed by atoms with van der Waals surface area (Å²) in [6.07, 6.45) is 1.86. The first-order chi connectivity index (χ1) is 22.2. The summed E-state index contributed by atoms with van der Waals surface area (Å²) < 4.78 is 15.6. The molecule has 0 amide bonds. The molecule has 6 nitrogen and oxygen atoms in total. The second-order valence-electron chi connectivity index (χ2n) is 10.2. The van der Waals surface area contributed by atoms with Crippen LogP contribution in [0, 0.1) is 7.14 Å². The highest BCUT2D eigenvalue weighted by Gasteiger charge is 2.35. The molecule has 0 aliphatic carbocycles. The lowest BCUT2D eigenvalue weighted by atomic mass is 9.93. The van der Waals surface area contributed by atoms with Crippen molar-refractivity contribution in [3.8, 4) is 5.75 Å². The predicted molar refractivity (Wildman–Crippen MR) is 200 cm³/mol. The van der Waals surface area contributed by atoms with Crippen molar-refractivity contribution in [3.05, 3.63) is 156 Å². The molecule has 2 heterocycles. The van der Waals surface area contributed by atoms with E-state index in [0.717, 1.165) is 35.1 Å². The van der Waals surface area contributed by atoms with E-state index in [0.29, 0.717) is 37.3 Å². The first-order valence-corrected chi connectivity index (χ1v) is 17.9. The van der Waals surface area contributed by atoms with E-state index >= 15 is 0 Å². The van der Waals surface area contributed by atoms with E-state index in [4.69, 9.17) is 37.7 Å². The number of benzene rings is 4. The Hall–Kier alpha value is -2.97. The third-order valence-electron chi connectivity index (χ3n) is 7.17. The summed E-state index contributed by atoms with van der Waals surface area (Å²) in [4.78, 5) is 33.2. The number of ether oxygens (including phenoxy) is 2. The van der Waals surface area contributed by atoms with Crippen LogP contribution in [0.4, 0.5) is 0 Å². The highest BCUT2D eigenvalue weighted by Crippen LogP contribution is 2.35. The zero-order valence-corrected chi connectivity index (χ0v) is 30.8. The Morgan fingerprint density at radius 1 is 0.957 bits per heavy atom. The monoisotopic (exact) mass is 892 g/mol. The first kappa shape index (κ1) is 33.0. The number of hydrogen-bond donors (Lipinski definition) is 0. The Morgan fingerprint density at radius 2 is 1.63 bits per heavy atom. The number of carbonyl (C=O) groups is 1. The molecule has 1 aliphatic heterocycles. The molecule has 0 fully saturated rings. The molecule has 6 rings (SSSR count). The van der Waals surface area contributed by atoms with Gasteiger partial charge in [-0.1, -0.05) is 101 Å². The number of thiazole rings is 1. The standard InChI is InChI=1S/C35H24Cl2I2N2O4S/c1-2-44-34(43)29-30(22-9-5-3-6-10-22)40-35-41(31(29)23-11-7-4-8-12-23)33(42)28(46-35)18-21-16-26(38)32(27(39)17-21)45-19-20-13-14-24(36)25(37)15-20/h3-18,31H,2,19H2,1H3/b28-18-/t31-/m1/s1. The molecular formula is C35H24Cl2I2N2O4S. The Morgan fingerprint density at radius 3 is 2.28 bits per heavy atom. The van der Waals surface area contributed by atoms with Crippen LogP contribution >= 0.6 is 79.7 Å². The molecule has 0 unspecified atom stereocenters. The SMILES string of the molecule is CCOC(=O)C1=C(c2ccccc2)N=c2s/c(=C\c3cc(I)c(OCc4ccc(Cl)c(Cl)c4)c(I)c3)c(=O)n2[C@@H]1c1ccccc1. The molecule has 1 atom stereocenters. The summed E-state index contributed by atoms with van der Waals surface area (Å²) >= 11 is 18.0. The largest absolute Gasteiger partial charge is 0.487 e. The number of fused-ring (bicyclic) bond motifs is 1. The number of rotatable bonds is 8. The van der Waals surface area contributed by atoms with Gasteiger partial charge >= 0.3 is 5.97 Å². The Balaban J connectivity index is 1.45. The fourth-order valence-corrected chi connectivity index (χ4v) is 8.58. The van der Waals surface area contributed by atoms with Gasteiger partial charge in [-0.3, -0.25) is 9.36 Å². The number of nitrogens with zero attached hydrogens (tertiary/aromatic N) is 2. The van der Waals surface area contributed by atoms with E-state index in [1.807, 2.05) is 84.9 Å². The van der Waals surface area contributed by atoms with E-state index in [-0.39, 0.29) is 12.2 Å². The van der Waals surface area contributed by atoms with Crippen LogP contribution in [0.3, 0.4) is 0 Å². The second-order valence-corrected chi connectivity index (χ2v) is 14.3. The molecule has 232 valence electrons. The van der Waals surface area contributed by atoms with Gasteiger partial charge in [0.1, 0.15) is 12.4 Å². The van der Waals surface area contributed by atoms with Crippen molar-refractivity contribution in [2.45, 2.75) is 19.6 Å². The van der Waals surface area contributed by atoms with Crippen LogP contribution in [0.15, 0.2) is 106 Å². The topological polar surface area (TPSA) is 69.9 Å². The van der Waals surface area contributed by atoms with Crippen molar-refractivity contribution in [1.82, 2.24) is 4.57 Å². The van der Waals surface area contributed by atoms with Crippen LogP contribution in [-0.2, 0) is 16.1 Å². The average molecular weight is 893 g/mol. The number of aromatic nitrogens is 1. The van der Waals surface area contributed by atoms with Gasteiger partial charge < -0.3 is 9.47 Å². The smallest absolute Gasteiger partial charge is 0.338 e. The molecule has 0 N–H and O–H groups in total. The van der Waals surface area contributed by atoms with Gasteiger partial charge in [0.05, 0.1) is 45.6 Å². The van der Waals surface area contributed by atoms with Crippen molar-refractivity contribution >= 4 is 97.5 Å². The van der Waals surface area contributed by atoms with Crippen molar-refractivity contribution < 1.29 is 14.3 Å². The minimum Gasteiger partial charge on any atom is -0.487 e. The third kappa shape index (κ3) is 6.84. The fourth-order valence-electron chi connectivity index (χ4n) is 5.13. The van der Waals surface area contributed by atoms with E-state index in [9.17, 15) is 9.59 Å². The van der Waals surface area contributed by atoms with Crippen molar-refractivity contribution in [3.63, 3.8) is 0 Å². The number of halogens is 4.